The fourth-order valence-electron chi connectivity index (χ4n) is 4.39. The highest BCUT2D eigenvalue weighted by molar-refractivity contribution is 5.77. The highest BCUT2D eigenvalue weighted by Gasteiger charge is 2.35. The van der Waals surface area contributed by atoms with E-state index < -0.39 is 5.60 Å². The highest BCUT2D eigenvalue weighted by atomic mass is 16.5. The number of nitrogens with one attached hydrogen (secondary N) is 1. The van der Waals surface area contributed by atoms with Gasteiger partial charge in [-0.1, -0.05) is 18.2 Å². The molecule has 1 aliphatic heterocycles. The van der Waals surface area contributed by atoms with Gasteiger partial charge in [0.05, 0.1) is 13.7 Å². The monoisotopic (exact) mass is 411 g/mol. The molecule has 30 heavy (non-hydrogen) atoms. The molecule has 1 aliphatic carbocycles. The summed E-state index contributed by atoms with van der Waals surface area (Å²) in [6.45, 7) is 4.07. The van der Waals surface area contributed by atoms with Gasteiger partial charge in [-0.15, -0.1) is 0 Å². The maximum Gasteiger partial charge on any atom is 0.258 e. The van der Waals surface area contributed by atoms with Crippen molar-refractivity contribution in [3.05, 3.63) is 53.1 Å². The number of aryl methyl sites for hydroxylation is 1. The Morgan fingerprint density at radius 3 is 2.87 bits per heavy atom. The van der Waals surface area contributed by atoms with Gasteiger partial charge in [0.15, 0.2) is 18.1 Å². The number of ether oxygens (including phenoxy) is 3. The summed E-state index contributed by atoms with van der Waals surface area (Å²) >= 11 is 0. The Bertz CT molecular complexity index is 955. The van der Waals surface area contributed by atoms with Gasteiger partial charge in [0.2, 0.25) is 0 Å². The van der Waals surface area contributed by atoms with Crippen molar-refractivity contribution in [2.45, 2.75) is 50.7 Å². The fourth-order valence-corrected chi connectivity index (χ4v) is 4.39. The largest absolute Gasteiger partial charge is 0.497 e. The second kappa shape index (κ2) is 7.84. The molecular formula is C24H29NO5. The SMILES string of the molecule is COc1ccc2c(c1)CCC[C@@]2(O)CNC(=O)COc1cccc2c1OC(C)(C)C2. The first kappa shape index (κ1) is 20.5. The van der Waals surface area contributed by atoms with Crippen molar-refractivity contribution in [3.63, 3.8) is 0 Å². The van der Waals surface area contributed by atoms with E-state index in [4.69, 9.17) is 14.2 Å². The number of amides is 1. The van der Waals surface area contributed by atoms with E-state index in [9.17, 15) is 9.90 Å². The molecule has 0 bridgehead atoms. The Hall–Kier alpha value is -2.73. The average Bonchev–Trinajstić information content (AvgIpc) is 3.05. The quantitative estimate of drug-likeness (QED) is 0.764. The first-order chi connectivity index (χ1) is 14.3. The van der Waals surface area contributed by atoms with Gasteiger partial charge < -0.3 is 24.6 Å². The third-order valence-electron chi connectivity index (χ3n) is 5.84. The number of fused-ring (bicyclic) bond motifs is 2. The van der Waals surface area contributed by atoms with Gasteiger partial charge in [-0.2, -0.15) is 0 Å². The topological polar surface area (TPSA) is 77.0 Å². The standard InChI is InChI=1S/C24H29NO5/c1-23(2)13-17-6-4-8-20(22(17)30-23)29-14-21(26)25-15-24(27)11-5-7-16-12-18(28-3)9-10-19(16)24/h4,6,8-10,12,27H,5,7,11,13-15H2,1-3H3,(H,25,26)/t24-/m1/s1. The van der Waals surface area contributed by atoms with Crippen LogP contribution >= 0.6 is 0 Å². The molecule has 0 saturated carbocycles. The third kappa shape index (κ3) is 4.10. The molecule has 0 fully saturated rings. The van der Waals surface area contributed by atoms with E-state index in [0.29, 0.717) is 17.9 Å². The number of rotatable bonds is 6. The van der Waals surface area contributed by atoms with E-state index in [2.05, 4.69) is 5.32 Å². The van der Waals surface area contributed by atoms with Gasteiger partial charge in [0, 0.05) is 12.0 Å². The molecule has 2 aliphatic rings. The van der Waals surface area contributed by atoms with Gasteiger partial charge in [-0.05, 0) is 62.4 Å². The van der Waals surface area contributed by atoms with Crippen LogP contribution in [0.25, 0.3) is 0 Å². The minimum atomic E-state index is -1.09. The van der Waals surface area contributed by atoms with Crippen LogP contribution in [0, 0.1) is 0 Å². The summed E-state index contributed by atoms with van der Waals surface area (Å²) in [4.78, 5) is 12.4. The normalized spacial score (nSPS) is 21.2. The lowest BCUT2D eigenvalue weighted by Crippen LogP contribution is -2.44. The van der Waals surface area contributed by atoms with Crippen molar-refractivity contribution >= 4 is 5.91 Å². The van der Waals surface area contributed by atoms with Gasteiger partial charge >= 0.3 is 0 Å². The molecular weight excluding hydrogens is 382 g/mol. The molecule has 6 nitrogen and oxygen atoms in total. The van der Waals surface area contributed by atoms with E-state index in [1.807, 2.05) is 50.2 Å². The number of methoxy groups -OCH3 is 1. The predicted octanol–water partition coefficient (Wildman–Crippen LogP) is 3.13. The fraction of sp³-hybridized carbons (Fsp3) is 0.458. The molecule has 160 valence electrons. The lowest BCUT2D eigenvalue weighted by atomic mass is 9.79. The van der Waals surface area contributed by atoms with Crippen LogP contribution in [-0.4, -0.2) is 36.9 Å². The number of aliphatic hydroxyl groups is 1. The number of hydrogen-bond donors (Lipinski definition) is 2. The lowest BCUT2D eigenvalue weighted by molar-refractivity contribution is -0.124. The zero-order valence-corrected chi connectivity index (χ0v) is 17.8. The minimum absolute atomic E-state index is 0.133. The van der Waals surface area contributed by atoms with Crippen molar-refractivity contribution in [1.82, 2.24) is 5.32 Å². The summed E-state index contributed by atoms with van der Waals surface area (Å²) in [5, 5.41) is 14.0. The zero-order valence-electron chi connectivity index (χ0n) is 17.8. The number of carbonyl (C=O) groups excluding carboxylic acids is 1. The van der Waals surface area contributed by atoms with E-state index in [0.717, 1.165) is 41.7 Å². The maximum absolute atomic E-state index is 12.4. The average molecular weight is 411 g/mol. The molecule has 0 spiro atoms. The lowest BCUT2D eigenvalue weighted by Gasteiger charge is -2.34. The molecule has 4 rings (SSSR count). The Kier molecular flexibility index (Phi) is 5.36. The zero-order chi connectivity index (χ0) is 21.4. The number of benzene rings is 2. The van der Waals surface area contributed by atoms with Gasteiger partial charge in [0.25, 0.3) is 5.91 Å². The maximum atomic E-state index is 12.4. The van der Waals surface area contributed by atoms with Crippen molar-refractivity contribution in [1.29, 1.82) is 0 Å². The van der Waals surface area contributed by atoms with E-state index in [1.165, 1.54) is 0 Å². The molecule has 1 heterocycles. The Morgan fingerprint density at radius 2 is 2.07 bits per heavy atom. The highest BCUT2D eigenvalue weighted by Crippen LogP contribution is 2.41. The van der Waals surface area contributed by atoms with Crippen LogP contribution in [0.5, 0.6) is 17.2 Å². The van der Waals surface area contributed by atoms with Gasteiger partial charge in [-0.3, -0.25) is 4.79 Å². The Labute approximate surface area is 177 Å². The molecule has 0 saturated heterocycles. The smallest absolute Gasteiger partial charge is 0.258 e. The van der Waals surface area contributed by atoms with Crippen molar-refractivity contribution < 1.29 is 24.1 Å². The van der Waals surface area contributed by atoms with Crippen LogP contribution in [-0.2, 0) is 23.2 Å². The van der Waals surface area contributed by atoms with E-state index >= 15 is 0 Å². The summed E-state index contributed by atoms with van der Waals surface area (Å²) in [7, 11) is 1.63. The molecule has 0 radical (unpaired) electrons. The second-order valence-corrected chi connectivity index (χ2v) is 8.76. The summed E-state index contributed by atoms with van der Waals surface area (Å²) < 4.78 is 17.0. The first-order valence-electron chi connectivity index (χ1n) is 10.4. The Morgan fingerprint density at radius 1 is 1.23 bits per heavy atom. The number of carbonyl (C=O) groups is 1. The molecule has 0 unspecified atom stereocenters. The van der Waals surface area contributed by atoms with Gasteiger partial charge in [-0.25, -0.2) is 0 Å². The third-order valence-corrected chi connectivity index (χ3v) is 5.84. The number of para-hydroxylation sites is 1. The summed E-state index contributed by atoms with van der Waals surface area (Å²) in [6, 6.07) is 11.4. The molecule has 2 aromatic rings. The molecule has 2 N–H and O–H groups in total. The summed E-state index contributed by atoms with van der Waals surface area (Å²) in [5.74, 6) is 1.78. The van der Waals surface area contributed by atoms with Crippen molar-refractivity contribution in [2.75, 3.05) is 20.3 Å². The van der Waals surface area contributed by atoms with Gasteiger partial charge in [0.1, 0.15) is 17.0 Å². The van der Waals surface area contributed by atoms with Crippen LogP contribution in [0.3, 0.4) is 0 Å². The van der Waals surface area contributed by atoms with Crippen LogP contribution in [0.1, 0.15) is 43.4 Å². The van der Waals surface area contributed by atoms with Crippen molar-refractivity contribution in [2.24, 2.45) is 0 Å². The van der Waals surface area contributed by atoms with Crippen LogP contribution in [0.15, 0.2) is 36.4 Å². The second-order valence-electron chi connectivity index (χ2n) is 8.76. The predicted molar refractivity (Wildman–Crippen MR) is 113 cm³/mol. The number of hydrogen-bond acceptors (Lipinski definition) is 5. The Balaban J connectivity index is 1.37. The van der Waals surface area contributed by atoms with Crippen LogP contribution in [0.2, 0.25) is 0 Å². The molecule has 1 amide bonds. The van der Waals surface area contributed by atoms with E-state index in [1.54, 1.807) is 7.11 Å². The summed E-state index contributed by atoms with van der Waals surface area (Å²) in [6.07, 6.45) is 3.15. The minimum Gasteiger partial charge on any atom is -0.497 e. The van der Waals surface area contributed by atoms with Crippen LogP contribution < -0.4 is 19.5 Å². The first-order valence-corrected chi connectivity index (χ1v) is 10.4. The molecule has 1 atom stereocenters. The van der Waals surface area contributed by atoms with E-state index in [-0.39, 0.29) is 24.7 Å². The summed E-state index contributed by atoms with van der Waals surface area (Å²) in [5.41, 5.74) is 1.64. The molecule has 6 heteroatoms. The van der Waals surface area contributed by atoms with Crippen molar-refractivity contribution in [3.8, 4) is 17.2 Å². The molecule has 2 aromatic carbocycles. The van der Waals surface area contributed by atoms with Crippen LogP contribution in [0.4, 0.5) is 0 Å². The molecule has 0 aromatic heterocycles.